The number of nitrogens with one attached hydrogen (secondary N) is 1. The molecule has 0 heterocycles. The van der Waals surface area contributed by atoms with Gasteiger partial charge in [0.2, 0.25) is 0 Å². The van der Waals surface area contributed by atoms with Crippen LogP contribution in [0.15, 0.2) is 48.5 Å². The molecule has 100 valence electrons. The van der Waals surface area contributed by atoms with Crippen LogP contribution >= 0.6 is 0 Å². The van der Waals surface area contributed by atoms with Crippen molar-refractivity contribution in [2.75, 3.05) is 0 Å². The first kappa shape index (κ1) is 13.0. The van der Waals surface area contributed by atoms with Crippen molar-refractivity contribution in [3.05, 3.63) is 70.8 Å². The zero-order valence-corrected chi connectivity index (χ0v) is 12.0. The Morgan fingerprint density at radius 3 is 2.00 bits per heavy atom. The summed E-state index contributed by atoms with van der Waals surface area (Å²) in [5.41, 5.74) is 5.12. The van der Waals surface area contributed by atoms with E-state index in [4.69, 9.17) is 6.42 Å². The van der Waals surface area contributed by atoms with E-state index in [1.54, 1.807) is 0 Å². The molecular formula is C19H19N. The van der Waals surface area contributed by atoms with Crippen LogP contribution in [0.3, 0.4) is 0 Å². The molecule has 2 aromatic rings. The molecular weight excluding hydrogens is 242 g/mol. The molecule has 0 saturated heterocycles. The molecule has 0 bridgehead atoms. The molecule has 0 aromatic heterocycles. The monoisotopic (exact) mass is 261 g/mol. The summed E-state index contributed by atoms with van der Waals surface area (Å²) in [7, 11) is 0. The van der Waals surface area contributed by atoms with Crippen molar-refractivity contribution in [2.45, 2.75) is 31.8 Å². The Labute approximate surface area is 121 Å². The molecule has 0 aliphatic heterocycles. The molecule has 1 aliphatic rings. The van der Waals surface area contributed by atoms with Gasteiger partial charge in [0.1, 0.15) is 0 Å². The molecule has 1 aliphatic carbocycles. The number of rotatable bonds is 2. The van der Waals surface area contributed by atoms with Crippen LogP contribution in [-0.2, 0) is 6.42 Å². The standard InChI is InChI=1S/C19H19N/c1-4-19(2,3)20-18-16-11-7-5-9-14(16)13-15-10-6-8-12-17(15)18/h1,5-12,18,20H,13H2,2-3H3. The van der Waals surface area contributed by atoms with Crippen LogP contribution in [-0.4, -0.2) is 5.54 Å². The maximum Gasteiger partial charge on any atom is 0.0748 e. The highest BCUT2D eigenvalue weighted by Crippen LogP contribution is 2.35. The van der Waals surface area contributed by atoms with E-state index in [0.29, 0.717) is 0 Å². The second-order valence-electron chi connectivity index (χ2n) is 5.92. The Kier molecular flexibility index (Phi) is 3.12. The van der Waals surface area contributed by atoms with E-state index < -0.39 is 0 Å². The Morgan fingerprint density at radius 1 is 1.00 bits per heavy atom. The SMILES string of the molecule is C#CC(C)(C)NC1c2ccccc2Cc2ccccc21. The summed E-state index contributed by atoms with van der Waals surface area (Å²) in [6, 6.07) is 17.4. The summed E-state index contributed by atoms with van der Waals surface area (Å²) in [6.07, 6.45) is 6.65. The van der Waals surface area contributed by atoms with Gasteiger partial charge in [-0.2, -0.15) is 0 Å². The van der Waals surface area contributed by atoms with Gasteiger partial charge >= 0.3 is 0 Å². The Balaban J connectivity index is 2.11. The number of terminal acetylenes is 1. The molecule has 0 radical (unpaired) electrons. The van der Waals surface area contributed by atoms with Crippen molar-refractivity contribution >= 4 is 0 Å². The Hall–Kier alpha value is -2.04. The van der Waals surface area contributed by atoms with Crippen LogP contribution in [0.25, 0.3) is 0 Å². The summed E-state index contributed by atoms with van der Waals surface area (Å²) < 4.78 is 0. The summed E-state index contributed by atoms with van der Waals surface area (Å²) in [6.45, 7) is 4.10. The van der Waals surface area contributed by atoms with Crippen LogP contribution in [0.4, 0.5) is 0 Å². The van der Waals surface area contributed by atoms with Gasteiger partial charge in [0.25, 0.3) is 0 Å². The first-order valence-corrected chi connectivity index (χ1v) is 7.02. The largest absolute Gasteiger partial charge is 0.291 e. The van der Waals surface area contributed by atoms with E-state index in [1.165, 1.54) is 22.3 Å². The molecule has 0 amide bonds. The normalized spacial score (nSPS) is 14.2. The van der Waals surface area contributed by atoms with Crippen LogP contribution in [0.1, 0.15) is 42.1 Å². The third-order valence-electron chi connectivity index (χ3n) is 3.98. The van der Waals surface area contributed by atoms with Gasteiger partial charge in [-0.05, 0) is 42.5 Å². The smallest absolute Gasteiger partial charge is 0.0748 e. The van der Waals surface area contributed by atoms with Crippen molar-refractivity contribution in [1.82, 2.24) is 5.32 Å². The highest BCUT2D eigenvalue weighted by molar-refractivity contribution is 5.49. The number of fused-ring (bicyclic) bond motifs is 2. The molecule has 2 aromatic carbocycles. The Bertz CT molecular complexity index is 631. The van der Waals surface area contributed by atoms with Crippen molar-refractivity contribution in [3.8, 4) is 12.3 Å². The van der Waals surface area contributed by atoms with Crippen molar-refractivity contribution in [1.29, 1.82) is 0 Å². The molecule has 1 N–H and O–H groups in total. The summed E-state index contributed by atoms with van der Waals surface area (Å²) >= 11 is 0. The quantitative estimate of drug-likeness (QED) is 0.813. The minimum Gasteiger partial charge on any atom is -0.291 e. The highest BCUT2D eigenvalue weighted by atomic mass is 15.0. The van der Waals surface area contributed by atoms with Gasteiger partial charge in [-0.3, -0.25) is 5.32 Å². The predicted octanol–water partition coefficient (Wildman–Crippen LogP) is 3.68. The first-order valence-electron chi connectivity index (χ1n) is 7.02. The molecule has 0 spiro atoms. The van der Waals surface area contributed by atoms with E-state index in [1.807, 2.05) is 13.8 Å². The second kappa shape index (κ2) is 4.81. The van der Waals surface area contributed by atoms with E-state index in [2.05, 4.69) is 59.8 Å². The van der Waals surface area contributed by atoms with Gasteiger partial charge in [-0.15, -0.1) is 6.42 Å². The highest BCUT2D eigenvalue weighted by Gasteiger charge is 2.28. The topological polar surface area (TPSA) is 12.0 Å². The van der Waals surface area contributed by atoms with Crippen LogP contribution < -0.4 is 5.32 Å². The van der Waals surface area contributed by atoms with E-state index >= 15 is 0 Å². The van der Waals surface area contributed by atoms with Crippen molar-refractivity contribution < 1.29 is 0 Å². The average molecular weight is 261 g/mol. The van der Waals surface area contributed by atoms with Gasteiger partial charge in [0.15, 0.2) is 0 Å². The lowest BCUT2D eigenvalue weighted by Crippen LogP contribution is -2.42. The van der Waals surface area contributed by atoms with Gasteiger partial charge < -0.3 is 0 Å². The predicted molar refractivity (Wildman–Crippen MR) is 83.6 cm³/mol. The minimum atomic E-state index is -0.331. The number of hydrogen-bond donors (Lipinski definition) is 1. The zero-order chi connectivity index (χ0) is 14.2. The van der Waals surface area contributed by atoms with E-state index in [0.717, 1.165) is 6.42 Å². The fourth-order valence-corrected chi connectivity index (χ4v) is 2.88. The van der Waals surface area contributed by atoms with Crippen molar-refractivity contribution in [2.24, 2.45) is 0 Å². The number of hydrogen-bond acceptors (Lipinski definition) is 1. The van der Waals surface area contributed by atoms with Gasteiger partial charge in [-0.25, -0.2) is 0 Å². The molecule has 0 fully saturated rings. The molecule has 3 rings (SSSR count). The maximum atomic E-state index is 5.65. The molecule has 20 heavy (non-hydrogen) atoms. The lowest BCUT2D eigenvalue weighted by Gasteiger charge is -2.34. The van der Waals surface area contributed by atoms with Crippen LogP contribution in [0.2, 0.25) is 0 Å². The summed E-state index contributed by atoms with van der Waals surface area (Å²) in [5, 5.41) is 3.62. The minimum absolute atomic E-state index is 0.169. The molecule has 1 nitrogen and oxygen atoms in total. The number of benzene rings is 2. The van der Waals surface area contributed by atoms with Gasteiger partial charge in [0.05, 0.1) is 11.6 Å². The van der Waals surface area contributed by atoms with Gasteiger partial charge in [-0.1, -0.05) is 54.5 Å². The Morgan fingerprint density at radius 2 is 1.50 bits per heavy atom. The van der Waals surface area contributed by atoms with Crippen LogP contribution in [0, 0.1) is 12.3 Å². The van der Waals surface area contributed by atoms with Crippen LogP contribution in [0.5, 0.6) is 0 Å². The van der Waals surface area contributed by atoms with E-state index in [9.17, 15) is 0 Å². The fourth-order valence-electron chi connectivity index (χ4n) is 2.88. The molecule has 0 saturated carbocycles. The molecule has 0 atom stereocenters. The lowest BCUT2D eigenvalue weighted by molar-refractivity contribution is 0.442. The second-order valence-corrected chi connectivity index (χ2v) is 5.92. The maximum absolute atomic E-state index is 5.65. The lowest BCUT2D eigenvalue weighted by atomic mass is 9.81. The average Bonchev–Trinajstić information content (AvgIpc) is 2.47. The molecule has 1 heteroatoms. The molecule has 0 unspecified atom stereocenters. The van der Waals surface area contributed by atoms with E-state index in [-0.39, 0.29) is 11.6 Å². The van der Waals surface area contributed by atoms with Gasteiger partial charge in [0, 0.05) is 0 Å². The summed E-state index contributed by atoms with van der Waals surface area (Å²) in [4.78, 5) is 0. The summed E-state index contributed by atoms with van der Waals surface area (Å²) in [5.74, 6) is 2.84. The zero-order valence-electron chi connectivity index (χ0n) is 12.0. The third kappa shape index (κ3) is 2.24. The first-order chi connectivity index (χ1) is 9.61. The fraction of sp³-hybridized carbons (Fsp3) is 0.263. The van der Waals surface area contributed by atoms with Crippen molar-refractivity contribution in [3.63, 3.8) is 0 Å². The third-order valence-corrected chi connectivity index (χ3v) is 3.98.